The van der Waals surface area contributed by atoms with Crippen LogP contribution in [0.5, 0.6) is 0 Å². The first-order valence-corrected chi connectivity index (χ1v) is 7.50. The quantitative estimate of drug-likeness (QED) is 0.743. The van der Waals surface area contributed by atoms with Crippen molar-refractivity contribution in [2.24, 2.45) is 0 Å². The summed E-state index contributed by atoms with van der Waals surface area (Å²) in [5.41, 5.74) is 11.7. The van der Waals surface area contributed by atoms with Crippen LogP contribution < -0.4 is 5.73 Å². The number of hydrogen-bond donors (Lipinski definition) is 1. The average molecular weight is 261 g/mol. The molecule has 1 aromatic carbocycles. The van der Waals surface area contributed by atoms with E-state index in [4.69, 9.17) is 5.73 Å². The maximum atomic E-state index is 6.15. The van der Waals surface area contributed by atoms with E-state index in [1.54, 1.807) is 0 Å². The van der Waals surface area contributed by atoms with E-state index in [1.807, 2.05) is 0 Å². The SMILES string of the molecule is CCCCc1c(C(C)(C)C)cc(N)cc1C(C)(C)C. The first kappa shape index (κ1) is 16.1. The van der Waals surface area contributed by atoms with Crippen molar-refractivity contribution in [3.05, 3.63) is 28.8 Å². The molecular weight excluding hydrogens is 230 g/mol. The maximum absolute atomic E-state index is 6.15. The summed E-state index contributed by atoms with van der Waals surface area (Å²) >= 11 is 0. The van der Waals surface area contributed by atoms with Crippen LogP contribution in [-0.2, 0) is 17.3 Å². The zero-order chi connectivity index (χ0) is 14.8. The lowest BCUT2D eigenvalue weighted by atomic mass is 9.74. The van der Waals surface area contributed by atoms with Crippen LogP contribution in [-0.4, -0.2) is 0 Å². The van der Waals surface area contributed by atoms with Crippen LogP contribution in [0.25, 0.3) is 0 Å². The molecule has 0 heterocycles. The highest BCUT2D eigenvalue weighted by Crippen LogP contribution is 2.36. The van der Waals surface area contributed by atoms with Gasteiger partial charge in [-0.05, 0) is 52.5 Å². The topological polar surface area (TPSA) is 26.0 Å². The van der Waals surface area contributed by atoms with Crippen LogP contribution in [0.1, 0.15) is 78.0 Å². The molecule has 0 aliphatic rings. The monoisotopic (exact) mass is 261 g/mol. The summed E-state index contributed by atoms with van der Waals surface area (Å²) in [7, 11) is 0. The summed E-state index contributed by atoms with van der Waals surface area (Å²) in [6.45, 7) is 15.9. The second-order valence-electron chi connectivity index (χ2n) is 7.70. The molecule has 1 aromatic rings. The second-order valence-corrected chi connectivity index (χ2v) is 7.70. The standard InChI is InChI=1S/C18H31N/c1-8-9-10-14-15(17(2,3)4)11-13(19)12-16(14)18(5,6)7/h11-12H,8-10,19H2,1-7H3. The summed E-state index contributed by atoms with van der Waals surface area (Å²) in [6.07, 6.45) is 3.64. The Labute approximate surface area is 119 Å². The van der Waals surface area contributed by atoms with Crippen molar-refractivity contribution in [2.75, 3.05) is 5.73 Å². The van der Waals surface area contributed by atoms with Crippen molar-refractivity contribution in [3.63, 3.8) is 0 Å². The first-order valence-electron chi connectivity index (χ1n) is 7.50. The Morgan fingerprint density at radius 2 is 1.32 bits per heavy atom. The molecule has 0 unspecified atom stereocenters. The Balaban J connectivity index is 3.49. The van der Waals surface area contributed by atoms with Crippen molar-refractivity contribution in [3.8, 4) is 0 Å². The predicted molar refractivity (Wildman–Crippen MR) is 86.9 cm³/mol. The summed E-state index contributed by atoms with van der Waals surface area (Å²) in [6, 6.07) is 4.36. The van der Waals surface area contributed by atoms with Gasteiger partial charge in [0.1, 0.15) is 0 Å². The van der Waals surface area contributed by atoms with Crippen LogP contribution in [0, 0.1) is 0 Å². The maximum Gasteiger partial charge on any atom is 0.0320 e. The van der Waals surface area contributed by atoms with Gasteiger partial charge in [0.05, 0.1) is 0 Å². The smallest absolute Gasteiger partial charge is 0.0320 e. The fourth-order valence-electron chi connectivity index (χ4n) is 2.66. The normalized spacial score (nSPS) is 12.8. The summed E-state index contributed by atoms with van der Waals surface area (Å²) < 4.78 is 0. The number of anilines is 1. The minimum Gasteiger partial charge on any atom is -0.399 e. The zero-order valence-corrected chi connectivity index (χ0v) is 13.9. The summed E-state index contributed by atoms with van der Waals surface area (Å²) in [5.74, 6) is 0. The molecule has 1 heteroatoms. The third-order valence-corrected chi connectivity index (χ3v) is 3.67. The second kappa shape index (κ2) is 5.56. The zero-order valence-electron chi connectivity index (χ0n) is 13.9. The van der Waals surface area contributed by atoms with E-state index >= 15 is 0 Å². The van der Waals surface area contributed by atoms with Crippen LogP contribution >= 0.6 is 0 Å². The van der Waals surface area contributed by atoms with Gasteiger partial charge in [-0.25, -0.2) is 0 Å². The molecule has 0 aromatic heterocycles. The van der Waals surface area contributed by atoms with Gasteiger partial charge < -0.3 is 5.73 Å². The molecule has 0 aliphatic carbocycles. The van der Waals surface area contributed by atoms with Gasteiger partial charge in [-0.15, -0.1) is 0 Å². The number of rotatable bonds is 3. The number of nitrogen functional groups attached to an aromatic ring is 1. The first-order chi connectivity index (χ1) is 8.57. The van der Waals surface area contributed by atoms with E-state index in [1.165, 1.54) is 29.5 Å². The molecule has 0 saturated carbocycles. The minimum absolute atomic E-state index is 0.151. The minimum atomic E-state index is 0.151. The Kier molecular flexibility index (Phi) is 4.71. The van der Waals surface area contributed by atoms with E-state index in [0.29, 0.717) is 0 Å². The molecule has 0 bridgehead atoms. The van der Waals surface area contributed by atoms with Crippen molar-refractivity contribution >= 4 is 5.69 Å². The molecule has 0 spiro atoms. The van der Waals surface area contributed by atoms with Crippen LogP contribution in [0.3, 0.4) is 0 Å². The van der Waals surface area contributed by atoms with Crippen molar-refractivity contribution in [2.45, 2.75) is 78.6 Å². The van der Waals surface area contributed by atoms with Crippen molar-refractivity contribution in [1.29, 1.82) is 0 Å². The molecule has 1 rings (SSSR count). The van der Waals surface area contributed by atoms with E-state index in [-0.39, 0.29) is 10.8 Å². The van der Waals surface area contributed by atoms with Gasteiger partial charge in [-0.2, -0.15) is 0 Å². The summed E-state index contributed by atoms with van der Waals surface area (Å²) in [5, 5.41) is 0. The Hall–Kier alpha value is -0.980. The van der Waals surface area contributed by atoms with E-state index in [9.17, 15) is 0 Å². The molecule has 0 atom stereocenters. The Bertz CT molecular complexity index is 395. The van der Waals surface area contributed by atoms with Crippen molar-refractivity contribution < 1.29 is 0 Å². The van der Waals surface area contributed by atoms with Gasteiger partial charge >= 0.3 is 0 Å². The Morgan fingerprint density at radius 1 is 0.895 bits per heavy atom. The lowest BCUT2D eigenvalue weighted by Gasteiger charge is -2.31. The van der Waals surface area contributed by atoms with Gasteiger partial charge in [-0.1, -0.05) is 54.9 Å². The van der Waals surface area contributed by atoms with Crippen LogP contribution in [0.15, 0.2) is 12.1 Å². The Morgan fingerprint density at radius 3 is 1.63 bits per heavy atom. The third-order valence-electron chi connectivity index (χ3n) is 3.67. The van der Waals surface area contributed by atoms with Gasteiger partial charge in [0.2, 0.25) is 0 Å². The van der Waals surface area contributed by atoms with Gasteiger partial charge in [0.15, 0.2) is 0 Å². The lowest BCUT2D eigenvalue weighted by molar-refractivity contribution is 0.551. The fourth-order valence-corrected chi connectivity index (χ4v) is 2.66. The predicted octanol–water partition coefficient (Wildman–Crippen LogP) is 5.21. The van der Waals surface area contributed by atoms with Gasteiger partial charge in [0.25, 0.3) is 0 Å². The largest absolute Gasteiger partial charge is 0.399 e. The van der Waals surface area contributed by atoms with Crippen LogP contribution in [0.2, 0.25) is 0 Å². The summed E-state index contributed by atoms with van der Waals surface area (Å²) in [4.78, 5) is 0. The molecule has 0 saturated heterocycles. The van der Waals surface area contributed by atoms with Crippen LogP contribution in [0.4, 0.5) is 5.69 Å². The van der Waals surface area contributed by atoms with E-state index in [2.05, 4.69) is 60.6 Å². The molecule has 108 valence electrons. The molecule has 19 heavy (non-hydrogen) atoms. The molecule has 1 nitrogen and oxygen atoms in total. The number of unbranched alkanes of at least 4 members (excludes halogenated alkanes) is 1. The number of benzene rings is 1. The van der Waals surface area contributed by atoms with Gasteiger partial charge in [0, 0.05) is 5.69 Å². The third kappa shape index (κ3) is 3.99. The number of nitrogens with two attached hydrogens (primary N) is 1. The van der Waals surface area contributed by atoms with Crippen molar-refractivity contribution in [1.82, 2.24) is 0 Å². The molecular formula is C18H31N. The molecule has 0 fully saturated rings. The molecule has 0 aliphatic heterocycles. The van der Waals surface area contributed by atoms with E-state index < -0.39 is 0 Å². The highest BCUT2D eigenvalue weighted by molar-refractivity contribution is 5.54. The fraction of sp³-hybridized carbons (Fsp3) is 0.667. The molecule has 0 amide bonds. The molecule has 2 N–H and O–H groups in total. The van der Waals surface area contributed by atoms with E-state index in [0.717, 1.165) is 12.1 Å². The number of hydrogen-bond acceptors (Lipinski definition) is 1. The average Bonchev–Trinajstić information content (AvgIpc) is 2.23. The highest BCUT2D eigenvalue weighted by atomic mass is 14.6. The lowest BCUT2D eigenvalue weighted by Crippen LogP contribution is -2.21. The van der Waals surface area contributed by atoms with Gasteiger partial charge in [-0.3, -0.25) is 0 Å². The highest BCUT2D eigenvalue weighted by Gasteiger charge is 2.25. The molecule has 0 radical (unpaired) electrons.